The van der Waals surface area contributed by atoms with Crippen molar-refractivity contribution in [1.82, 2.24) is 14.5 Å². The summed E-state index contributed by atoms with van der Waals surface area (Å²) in [5, 5.41) is 3.39. The fraction of sp³-hybridized carbons (Fsp3) is 0.355. The minimum atomic E-state index is -4.50. The van der Waals surface area contributed by atoms with Crippen LogP contribution in [0.1, 0.15) is 60.9 Å². The number of anilines is 1. The van der Waals surface area contributed by atoms with Gasteiger partial charge >= 0.3 is 6.18 Å². The van der Waals surface area contributed by atoms with Crippen molar-refractivity contribution in [3.05, 3.63) is 89.6 Å². The first kappa shape index (κ1) is 31.1. The number of rotatable bonds is 9. The van der Waals surface area contributed by atoms with Gasteiger partial charge < -0.3 is 14.3 Å². The topological polar surface area (TPSA) is 86.1 Å². The summed E-state index contributed by atoms with van der Waals surface area (Å²) in [6.07, 6.45) is 1.74. The molecule has 11 heteroatoms. The monoisotopic (exact) mass is 596 g/mol. The molecule has 4 rings (SSSR count). The summed E-state index contributed by atoms with van der Waals surface area (Å²) in [5.74, 6) is -0.867. The third-order valence-electron chi connectivity index (χ3n) is 7.74. The molecule has 0 aliphatic heterocycles. The fourth-order valence-electron chi connectivity index (χ4n) is 4.29. The van der Waals surface area contributed by atoms with E-state index in [2.05, 4.69) is 49.1 Å². The quantitative estimate of drug-likeness (QED) is 0.160. The highest BCUT2D eigenvalue weighted by atomic mass is 28.4. The molecule has 7 nitrogen and oxygen atoms in total. The number of aromatic nitrogens is 3. The number of fused-ring (bicyclic) bond motifs is 1. The second-order valence-electron chi connectivity index (χ2n) is 11.9. The van der Waals surface area contributed by atoms with Gasteiger partial charge in [-0.05, 0) is 54.9 Å². The number of carbonyl (C=O) groups excluding carboxylic acids is 2. The molecule has 0 saturated heterocycles. The molecular weight excluding hydrogens is 561 g/mol. The number of pyridine rings is 2. The molecule has 3 heterocycles. The Balaban J connectivity index is 1.53. The van der Waals surface area contributed by atoms with Crippen molar-refractivity contribution in [3.63, 3.8) is 0 Å². The Labute approximate surface area is 244 Å². The molecule has 1 aromatic carbocycles. The predicted molar refractivity (Wildman–Crippen MR) is 159 cm³/mol. The molecule has 0 bridgehead atoms. The van der Waals surface area contributed by atoms with Gasteiger partial charge in [0, 0.05) is 35.9 Å². The van der Waals surface area contributed by atoms with E-state index in [1.165, 1.54) is 30.5 Å². The van der Waals surface area contributed by atoms with E-state index in [0.717, 1.165) is 17.6 Å². The van der Waals surface area contributed by atoms with Crippen LogP contribution < -0.4 is 5.32 Å². The van der Waals surface area contributed by atoms with Crippen molar-refractivity contribution in [2.45, 2.75) is 64.5 Å². The summed E-state index contributed by atoms with van der Waals surface area (Å²) >= 11 is 0. The smallest absolute Gasteiger partial charge is 0.415 e. The number of hydrogen-bond acceptors (Lipinski definition) is 5. The number of ketones is 1. The fourth-order valence-corrected chi connectivity index (χ4v) is 5.38. The average molecular weight is 597 g/mol. The molecule has 0 aliphatic rings. The second kappa shape index (κ2) is 11.8. The van der Waals surface area contributed by atoms with Crippen LogP contribution in [0.5, 0.6) is 0 Å². The second-order valence-corrected chi connectivity index (χ2v) is 16.8. The van der Waals surface area contributed by atoms with Crippen molar-refractivity contribution in [2.75, 3.05) is 11.9 Å². The van der Waals surface area contributed by atoms with E-state index in [4.69, 9.17) is 4.43 Å². The Hall–Kier alpha value is -3.83. The number of amides is 1. The molecule has 0 fully saturated rings. The molecule has 0 spiro atoms. The maximum atomic E-state index is 13.7. The zero-order valence-electron chi connectivity index (χ0n) is 24.5. The lowest BCUT2D eigenvalue weighted by molar-refractivity contribution is -0.137. The van der Waals surface area contributed by atoms with Crippen molar-refractivity contribution in [1.29, 1.82) is 0 Å². The summed E-state index contributed by atoms with van der Waals surface area (Å²) in [7, 11) is -1.98. The third kappa shape index (κ3) is 6.96. The van der Waals surface area contributed by atoms with Crippen LogP contribution >= 0.6 is 0 Å². The van der Waals surface area contributed by atoms with Crippen molar-refractivity contribution in [3.8, 4) is 0 Å². The predicted octanol–water partition coefficient (Wildman–Crippen LogP) is 7.45. The van der Waals surface area contributed by atoms with Crippen LogP contribution in [0.15, 0.2) is 67.3 Å². The number of carbonyl (C=O) groups is 2. The molecule has 4 aromatic rings. The van der Waals surface area contributed by atoms with Crippen molar-refractivity contribution in [2.24, 2.45) is 0 Å². The molecule has 42 heavy (non-hydrogen) atoms. The zero-order chi connectivity index (χ0) is 30.9. The number of halogens is 3. The molecule has 1 amide bonds. The largest absolute Gasteiger partial charge is 0.416 e. The Kier molecular flexibility index (Phi) is 8.75. The number of hydrogen-bond donors (Lipinski definition) is 1. The van der Waals surface area contributed by atoms with E-state index in [9.17, 15) is 22.8 Å². The summed E-state index contributed by atoms with van der Waals surface area (Å²) in [6, 6.07) is 9.40. The molecule has 1 N–H and O–H groups in total. The first-order valence-electron chi connectivity index (χ1n) is 13.6. The van der Waals surface area contributed by atoms with Crippen molar-refractivity contribution >= 4 is 36.6 Å². The first-order valence-corrected chi connectivity index (χ1v) is 16.5. The van der Waals surface area contributed by atoms with Crippen molar-refractivity contribution < 1.29 is 27.2 Å². The van der Waals surface area contributed by atoms with E-state index in [-0.39, 0.29) is 34.5 Å². The van der Waals surface area contributed by atoms with E-state index < -0.39 is 26.0 Å². The standard InChI is InChI=1S/C31H35F3N4O3Si/c1-20(19-41-42(5,6)30(2,3)4)38-18-25(24-17-35-12-11-27(24)38)29(40)26-16-23(10-13-36-26)37-28(39)15-21-8-7-9-22(14-21)31(32,33)34/h7-14,16-18,20H,15,19H2,1-6H3,(H,36,37,39). The van der Waals surface area contributed by atoms with Crippen LogP contribution in [0.4, 0.5) is 18.9 Å². The average Bonchev–Trinajstić information content (AvgIpc) is 3.30. The molecule has 222 valence electrons. The van der Waals surface area contributed by atoms with Gasteiger partial charge in [0.2, 0.25) is 11.7 Å². The minimum absolute atomic E-state index is 0.0556. The van der Waals surface area contributed by atoms with Gasteiger partial charge in [-0.3, -0.25) is 19.6 Å². The van der Waals surface area contributed by atoms with Crippen LogP contribution in [-0.2, 0) is 21.8 Å². The SMILES string of the molecule is CC(CO[Si](C)(C)C(C)(C)C)n1cc(C(=O)c2cc(NC(=O)Cc3cccc(C(F)(F)F)c3)ccn2)c2cnccc21. The van der Waals surface area contributed by atoms with E-state index in [1.54, 1.807) is 18.6 Å². The van der Waals surface area contributed by atoms with Crippen LogP contribution in [0.3, 0.4) is 0 Å². The highest BCUT2D eigenvalue weighted by molar-refractivity contribution is 6.74. The highest BCUT2D eigenvalue weighted by Crippen LogP contribution is 2.37. The van der Waals surface area contributed by atoms with Crippen LogP contribution in [-0.4, -0.2) is 41.1 Å². The van der Waals surface area contributed by atoms with Crippen LogP contribution in [0.25, 0.3) is 10.9 Å². The number of alkyl halides is 3. The Bertz CT molecular complexity index is 1610. The maximum absolute atomic E-state index is 13.7. The molecule has 0 radical (unpaired) electrons. The van der Waals surface area contributed by atoms with Gasteiger partial charge in [-0.25, -0.2) is 0 Å². The van der Waals surface area contributed by atoms with E-state index >= 15 is 0 Å². The highest BCUT2D eigenvalue weighted by Gasteiger charge is 2.37. The molecular formula is C31H35F3N4O3Si. The Morgan fingerprint density at radius 3 is 2.50 bits per heavy atom. The minimum Gasteiger partial charge on any atom is -0.415 e. The third-order valence-corrected chi connectivity index (χ3v) is 12.2. The summed E-state index contributed by atoms with van der Waals surface area (Å²) in [6.45, 7) is 13.5. The van der Waals surface area contributed by atoms with Gasteiger partial charge in [-0.2, -0.15) is 13.2 Å². The lowest BCUT2D eigenvalue weighted by Gasteiger charge is -2.37. The maximum Gasteiger partial charge on any atom is 0.416 e. The summed E-state index contributed by atoms with van der Waals surface area (Å²) in [5.41, 5.74) is 1.07. The molecule has 1 atom stereocenters. The number of nitrogens with one attached hydrogen (secondary N) is 1. The number of nitrogens with zero attached hydrogens (tertiary/aromatic N) is 3. The van der Waals surface area contributed by atoms with E-state index in [1.807, 2.05) is 17.6 Å². The molecule has 3 aromatic heterocycles. The Morgan fingerprint density at radius 1 is 1.07 bits per heavy atom. The van der Waals surface area contributed by atoms with Gasteiger partial charge in [-0.15, -0.1) is 0 Å². The summed E-state index contributed by atoms with van der Waals surface area (Å²) < 4.78 is 47.6. The Morgan fingerprint density at radius 2 is 1.81 bits per heavy atom. The molecule has 0 saturated carbocycles. The number of benzene rings is 1. The van der Waals surface area contributed by atoms with Crippen LogP contribution in [0.2, 0.25) is 18.1 Å². The normalized spacial score (nSPS) is 13.3. The lowest BCUT2D eigenvalue weighted by Crippen LogP contribution is -2.41. The van der Waals surface area contributed by atoms with Gasteiger partial charge in [-0.1, -0.05) is 39.0 Å². The van der Waals surface area contributed by atoms with Crippen LogP contribution in [0, 0.1) is 0 Å². The molecule has 0 aliphatic carbocycles. The zero-order valence-corrected chi connectivity index (χ0v) is 25.5. The van der Waals surface area contributed by atoms with Gasteiger partial charge in [0.15, 0.2) is 8.32 Å². The lowest BCUT2D eigenvalue weighted by atomic mass is 10.1. The van der Waals surface area contributed by atoms with Gasteiger partial charge in [0.25, 0.3) is 0 Å². The molecule has 1 unspecified atom stereocenters. The van der Waals surface area contributed by atoms with Gasteiger partial charge in [0.05, 0.1) is 35.7 Å². The van der Waals surface area contributed by atoms with E-state index in [0.29, 0.717) is 23.2 Å². The first-order chi connectivity index (χ1) is 19.6. The summed E-state index contributed by atoms with van der Waals surface area (Å²) in [4.78, 5) is 34.7. The van der Waals surface area contributed by atoms with Gasteiger partial charge in [0.1, 0.15) is 5.69 Å².